The van der Waals surface area contributed by atoms with E-state index in [-0.39, 0.29) is 24.5 Å². The second-order valence-electron chi connectivity index (χ2n) is 7.54. The summed E-state index contributed by atoms with van der Waals surface area (Å²) in [6.45, 7) is 7.87. The van der Waals surface area contributed by atoms with Gasteiger partial charge in [0, 0.05) is 12.6 Å². The van der Waals surface area contributed by atoms with Crippen LogP contribution < -0.4 is 14.8 Å². The highest BCUT2D eigenvalue weighted by Crippen LogP contribution is 2.26. The van der Waals surface area contributed by atoms with Crippen molar-refractivity contribution in [3.05, 3.63) is 59.7 Å². The van der Waals surface area contributed by atoms with Crippen molar-refractivity contribution in [1.82, 2.24) is 10.2 Å². The number of nitrogens with zero attached hydrogens (tertiary/aromatic N) is 1. The largest absolute Gasteiger partial charge is 0.493 e. The van der Waals surface area contributed by atoms with Crippen LogP contribution in [0, 0.1) is 6.92 Å². The van der Waals surface area contributed by atoms with Crippen LogP contribution in [0.4, 0.5) is 0 Å². The smallest absolute Gasteiger partial charge is 0.261 e. The molecule has 0 saturated carbocycles. The van der Waals surface area contributed by atoms with E-state index in [0.29, 0.717) is 24.5 Å². The number of benzene rings is 2. The van der Waals surface area contributed by atoms with Gasteiger partial charge in [0.05, 0.1) is 7.11 Å². The minimum absolute atomic E-state index is 0.00713. The molecular weight excluding hydrogens is 380 g/mol. The average Bonchev–Trinajstić information content (AvgIpc) is 2.71. The summed E-state index contributed by atoms with van der Waals surface area (Å²) in [7, 11) is 1.55. The van der Waals surface area contributed by atoms with Gasteiger partial charge < -0.3 is 19.7 Å². The third-order valence-electron chi connectivity index (χ3n) is 4.67. The Hall–Kier alpha value is -3.02. The van der Waals surface area contributed by atoms with Gasteiger partial charge in [0.2, 0.25) is 5.91 Å². The molecule has 162 valence electrons. The van der Waals surface area contributed by atoms with Gasteiger partial charge in [0.15, 0.2) is 18.1 Å². The average molecular weight is 413 g/mol. The lowest BCUT2D eigenvalue weighted by molar-refractivity contribution is -0.143. The number of carbonyl (C=O) groups excluding carboxylic acids is 2. The molecule has 2 aromatic carbocycles. The molecule has 6 nitrogen and oxygen atoms in total. The van der Waals surface area contributed by atoms with E-state index in [0.717, 1.165) is 11.1 Å². The van der Waals surface area contributed by atoms with Crippen LogP contribution in [0.25, 0.3) is 0 Å². The number of carbonyl (C=O) groups is 2. The molecule has 0 saturated heterocycles. The molecular formula is C24H32N2O4. The van der Waals surface area contributed by atoms with E-state index in [1.54, 1.807) is 24.1 Å². The predicted molar refractivity (Wildman–Crippen MR) is 118 cm³/mol. The molecule has 0 aliphatic rings. The maximum absolute atomic E-state index is 13.2. The molecule has 0 aliphatic heterocycles. The normalized spacial score (nSPS) is 11.7. The van der Waals surface area contributed by atoms with Crippen molar-refractivity contribution in [2.24, 2.45) is 0 Å². The minimum atomic E-state index is -0.582. The Kier molecular flexibility index (Phi) is 8.71. The highest BCUT2D eigenvalue weighted by atomic mass is 16.5. The van der Waals surface area contributed by atoms with E-state index in [2.05, 4.69) is 5.32 Å². The Morgan fingerprint density at radius 1 is 1.07 bits per heavy atom. The van der Waals surface area contributed by atoms with Crippen molar-refractivity contribution in [3.8, 4) is 11.5 Å². The lowest BCUT2D eigenvalue weighted by Gasteiger charge is -2.31. The number of hydrogen-bond donors (Lipinski definition) is 1. The Morgan fingerprint density at radius 2 is 1.77 bits per heavy atom. The first kappa shape index (κ1) is 23.3. The first-order chi connectivity index (χ1) is 14.3. The summed E-state index contributed by atoms with van der Waals surface area (Å²) < 4.78 is 11.0. The van der Waals surface area contributed by atoms with Crippen molar-refractivity contribution >= 4 is 11.8 Å². The van der Waals surface area contributed by atoms with Gasteiger partial charge in [0.25, 0.3) is 5.91 Å². The summed E-state index contributed by atoms with van der Waals surface area (Å²) in [5.41, 5.74) is 2.07. The summed E-state index contributed by atoms with van der Waals surface area (Å²) in [5, 5.41) is 2.92. The third-order valence-corrected chi connectivity index (χ3v) is 4.67. The van der Waals surface area contributed by atoms with Gasteiger partial charge in [-0.2, -0.15) is 0 Å². The summed E-state index contributed by atoms with van der Waals surface area (Å²) in [6, 6.07) is 14.5. The molecule has 0 bridgehead atoms. The first-order valence-corrected chi connectivity index (χ1v) is 10.3. The van der Waals surface area contributed by atoms with Gasteiger partial charge >= 0.3 is 0 Å². The van der Waals surface area contributed by atoms with Crippen molar-refractivity contribution in [2.75, 3.05) is 13.7 Å². The lowest BCUT2D eigenvalue weighted by atomic mass is 10.1. The van der Waals surface area contributed by atoms with Crippen LogP contribution in [0.2, 0.25) is 0 Å². The highest BCUT2D eigenvalue weighted by molar-refractivity contribution is 5.88. The molecule has 1 atom stereocenters. The fraction of sp³-hybridized carbons (Fsp3) is 0.417. The number of hydrogen-bond acceptors (Lipinski definition) is 4. The molecule has 0 unspecified atom stereocenters. The fourth-order valence-electron chi connectivity index (χ4n) is 3.27. The second kappa shape index (κ2) is 11.2. The van der Waals surface area contributed by atoms with E-state index in [9.17, 15) is 9.59 Å². The molecule has 2 amide bonds. The van der Waals surface area contributed by atoms with E-state index in [1.165, 1.54) is 0 Å². The van der Waals surface area contributed by atoms with E-state index >= 15 is 0 Å². The molecule has 2 aromatic rings. The van der Waals surface area contributed by atoms with Gasteiger partial charge in [-0.15, -0.1) is 0 Å². The molecule has 30 heavy (non-hydrogen) atoms. The van der Waals surface area contributed by atoms with Crippen LogP contribution in [0.1, 0.15) is 38.3 Å². The number of rotatable bonds is 10. The maximum atomic E-state index is 13.2. The predicted octanol–water partition coefficient (Wildman–Crippen LogP) is 3.71. The molecule has 0 spiro atoms. The molecule has 2 rings (SSSR count). The molecule has 6 heteroatoms. The summed E-state index contributed by atoms with van der Waals surface area (Å²) in [4.78, 5) is 27.6. The van der Waals surface area contributed by atoms with Gasteiger partial charge in [-0.05, 0) is 44.9 Å². The zero-order valence-electron chi connectivity index (χ0n) is 18.5. The summed E-state index contributed by atoms with van der Waals surface area (Å²) in [6.07, 6.45) is 0.505. The fourth-order valence-corrected chi connectivity index (χ4v) is 3.27. The van der Waals surface area contributed by atoms with Crippen molar-refractivity contribution < 1.29 is 19.1 Å². The number of amides is 2. The van der Waals surface area contributed by atoms with E-state index < -0.39 is 6.04 Å². The standard InChI is InChI=1S/C24H32N2O4/c1-6-20(24(28)25-17(2)3)26(15-19-11-9-10-18(4)14-19)23(27)16-30-22-13-8-7-12-21(22)29-5/h7-14,17,20H,6,15-16H2,1-5H3,(H,25,28)/t20-/m0/s1. The number of aryl methyl sites for hydroxylation is 1. The zero-order chi connectivity index (χ0) is 22.1. The van der Waals surface area contributed by atoms with Gasteiger partial charge in [-0.25, -0.2) is 0 Å². The second-order valence-corrected chi connectivity index (χ2v) is 7.54. The molecule has 1 N–H and O–H groups in total. The van der Waals surface area contributed by atoms with E-state index in [4.69, 9.17) is 9.47 Å². The number of para-hydroxylation sites is 2. The summed E-state index contributed by atoms with van der Waals surface area (Å²) >= 11 is 0. The van der Waals surface area contributed by atoms with Crippen molar-refractivity contribution in [1.29, 1.82) is 0 Å². The van der Waals surface area contributed by atoms with Crippen molar-refractivity contribution in [3.63, 3.8) is 0 Å². The Morgan fingerprint density at radius 3 is 2.37 bits per heavy atom. The molecule has 0 aliphatic carbocycles. The molecule has 0 fully saturated rings. The SMILES string of the molecule is CC[C@@H](C(=O)NC(C)C)N(Cc1cccc(C)c1)C(=O)COc1ccccc1OC. The van der Waals surface area contributed by atoms with Crippen LogP contribution in [-0.2, 0) is 16.1 Å². The highest BCUT2D eigenvalue weighted by Gasteiger charge is 2.29. The van der Waals surface area contributed by atoms with Crippen LogP contribution in [-0.4, -0.2) is 42.5 Å². The zero-order valence-corrected chi connectivity index (χ0v) is 18.5. The number of ether oxygens (including phenoxy) is 2. The quantitative estimate of drug-likeness (QED) is 0.646. The Labute approximate surface area is 179 Å². The Bertz CT molecular complexity index is 851. The Balaban J connectivity index is 2.24. The number of nitrogens with one attached hydrogen (secondary N) is 1. The number of methoxy groups -OCH3 is 1. The molecule has 0 aromatic heterocycles. The third kappa shape index (κ3) is 6.51. The maximum Gasteiger partial charge on any atom is 0.261 e. The topological polar surface area (TPSA) is 67.9 Å². The molecule has 0 heterocycles. The van der Waals surface area contributed by atoms with Gasteiger partial charge in [-0.1, -0.05) is 48.9 Å². The van der Waals surface area contributed by atoms with E-state index in [1.807, 2.05) is 64.1 Å². The van der Waals surface area contributed by atoms with Crippen molar-refractivity contribution in [2.45, 2.75) is 52.7 Å². The van der Waals surface area contributed by atoms with Crippen LogP contribution in [0.15, 0.2) is 48.5 Å². The lowest BCUT2D eigenvalue weighted by Crippen LogP contribution is -2.51. The van der Waals surface area contributed by atoms with Crippen LogP contribution >= 0.6 is 0 Å². The first-order valence-electron chi connectivity index (χ1n) is 10.3. The monoisotopic (exact) mass is 412 g/mol. The van der Waals surface area contributed by atoms with Crippen LogP contribution in [0.5, 0.6) is 11.5 Å². The molecule has 0 radical (unpaired) electrons. The summed E-state index contributed by atoms with van der Waals surface area (Å²) in [5.74, 6) is 0.627. The van der Waals surface area contributed by atoms with Crippen LogP contribution in [0.3, 0.4) is 0 Å². The minimum Gasteiger partial charge on any atom is -0.493 e. The van der Waals surface area contributed by atoms with Gasteiger partial charge in [0.1, 0.15) is 6.04 Å². The van der Waals surface area contributed by atoms with Gasteiger partial charge in [-0.3, -0.25) is 9.59 Å².